The SMILES string of the molecule is COc1ccc(CNCc2ccccc2)cc1C#N. The number of hydrogen-bond donors (Lipinski definition) is 1. The highest BCUT2D eigenvalue weighted by molar-refractivity contribution is 5.45. The van der Waals surface area contributed by atoms with E-state index in [2.05, 4.69) is 23.5 Å². The summed E-state index contributed by atoms with van der Waals surface area (Å²) in [6.45, 7) is 1.54. The van der Waals surface area contributed by atoms with Crippen molar-refractivity contribution in [3.8, 4) is 11.8 Å². The molecule has 3 heteroatoms. The molecule has 0 atom stereocenters. The Kier molecular flexibility index (Phi) is 4.54. The Labute approximate surface area is 113 Å². The average molecular weight is 252 g/mol. The van der Waals surface area contributed by atoms with Gasteiger partial charge in [-0.1, -0.05) is 36.4 Å². The summed E-state index contributed by atoms with van der Waals surface area (Å²) in [6.07, 6.45) is 0. The van der Waals surface area contributed by atoms with Crippen LogP contribution in [0.4, 0.5) is 0 Å². The fraction of sp³-hybridized carbons (Fsp3) is 0.188. The number of nitrogens with zero attached hydrogens (tertiary/aromatic N) is 1. The van der Waals surface area contributed by atoms with Gasteiger partial charge in [0.05, 0.1) is 12.7 Å². The maximum Gasteiger partial charge on any atom is 0.136 e. The Hall–Kier alpha value is -2.31. The van der Waals surface area contributed by atoms with Gasteiger partial charge in [0.2, 0.25) is 0 Å². The molecule has 3 nitrogen and oxygen atoms in total. The summed E-state index contributed by atoms with van der Waals surface area (Å²) < 4.78 is 5.12. The van der Waals surface area contributed by atoms with Gasteiger partial charge >= 0.3 is 0 Å². The third-order valence-electron chi connectivity index (χ3n) is 2.89. The van der Waals surface area contributed by atoms with Crippen molar-refractivity contribution in [2.75, 3.05) is 7.11 Å². The Morgan fingerprint density at radius 1 is 1.05 bits per heavy atom. The van der Waals surface area contributed by atoms with Crippen LogP contribution in [-0.4, -0.2) is 7.11 Å². The Morgan fingerprint density at radius 2 is 1.79 bits per heavy atom. The van der Waals surface area contributed by atoms with Crippen LogP contribution in [0.5, 0.6) is 5.75 Å². The van der Waals surface area contributed by atoms with Crippen molar-refractivity contribution in [3.63, 3.8) is 0 Å². The first kappa shape index (κ1) is 13.1. The summed E-state index contributed by atoms with van der Waals surface area (Å²) in [4.78, 5) is 0. The van der Waals surface area contributed by atoms with E-state index in [-0.39, 0.29) is 0 Å². The van der Waals surface area contributed by atoms with Crippen LogP contribution in [0.15, 0.2) is 48.5 Å². The van der Waals surface area contributed by atoms with Crippen molar-refractivity contribution >= 4 is 0 Å². The highest BCUT2D eigenvalue weighted by Crippen LogP contribution is 2.18. The quantitative estimate of drug-likeness (QED) is 0.890. The molecule has 0 aliphatic heterocycles. The molecule has 0 fully saturated rings. The molecule has 0 heterocycles. The van der Waals surface area contributed by atoms with E-state index in [0.29, 0.717) is 11.3 Å². The van der Waals surface area contributed by atoms with Crippen LogP contribution in [0.25, 0.3) is 0 Å². The van der Waals surface area contributed by atoms with Crippen LogP contribution in [0.3, 0.4) is 0 Å². The molecule has 0 aliphatic carbocycles. The number of nitriles is 1. The molecule has 0 amide bonds. The molecule has 0 aromatic heterocycles. The Balaban J connectivity index is 1.95. The summed E-state index contributed by atoms with van der Waals surface area (Å²) >= 11 is 0. The predicted octanol–water partition coefficient (Wildman–Crippen LogP) is 2.86. The van der Waals surface area contributed by atoms with Crippen LogP contribution < -0.4 is 10.1 Å². The van der Waals surface area contributed by atoms with Crippen molar-refractivity contribution in [3.05, 3.63) is 65.2 Å². The van der Waals surface area contributed by atoms with Gasteiger partial charge in [-0.3, -0.25) is 0 Å². The van der Waals surface area contributed by atoms with Crippen LogP contribution >= 0.6 is 0 Å². The lowest BCUT2D eigenvalue weighted by Crippen LogP contribution is -2.12. The van der Waals surface area contributed by atoms with Crippen LogP contribution in [0, 0.1) is 11.3 Å². The molecule has 0 bridgehead atoms. The average Bonchev–Trinajstić information content (AvgIpc) is 2.48. The minimum Gasteiger partial charge on any atom is -0.495 e. The Bertz CT molecular complexity index is 573. The number of nitrogens with one attached hydrogen (secondary N) is 1. The van der Waals surface area contributed by atoms with Gasteiger partial charge in [-0.05, 0) is 23.3 Å². The molecule has 19 heavy (non-hydrogen) atoms. The van der Waals surface area contributed by atoms with Crippen molar-refractivity contribution in [2.45, 2.75) is 13.1 Å². The predicted molar refractivity (Wildman–Crippen MR) is 74.7 cm³/mol. The molecule has 0 spiro atoms. The third-order valence-corrected chi connectivity index (χ3v) is 2.89. The second-order valence-electron chi connectivity index (χ2n) is 4.24. The van der Waals surface area contributed by atoms with E-state index >= 15 is 0 Å². The standard InChI is InChI=1S/C16H16N2O/c1-19-16-8-7-14(9-15(16)10-17)12-18-11-13-5-3-2-4-6-13/h2-9,18H,11-12H2,1H3. The maximum absolute atomic E-state index is 9.03. The normalized spacial score (nSPS) is 9.89. The van der Waals surface area contributed by atoms with Crippen molar-refractivity contribution in [1.82, 2.24) is 5.32 Å². The zero-order valence-corrected chi connectivity index (χ0v) is 10.9. The van der Waals surface area contributed by atoms with E-state index in [1.807, 2.05) is 36.4 Å². The van der Waals surface area contributed by atoms with E-state index in [4.69, 9.17) is 10.00 Å². The van der Waals surface area contributed by atoms with E-state index in [9.17, 15) is 0 Å². The molecule has 1 N–H and O–H groups in total. The number of hydrogen-bond acceptors (Lipinski definition) is 3. The summed E-state index contributed by atoms with van der Waals surface area (Å²) in [5.74, 6) is 0.620. The summed E-state index contributed by atoms with van der Waals surface area (Å²) in [5, 5.41) is 12.4. The van der Waals surface area contributed by atoms with E-state index in [1.165, 1.54) is 5.56 Å². The van der Waals surface area contributed by atoms with Crippen molar-refractivity contribution in [2.24, 2.45) is 0 Å². The highest BCUT2D eigenvalue weighted by Gasteiger charge is 2.03. The van der Waals surface area contributed by atoms with Crippen LogP contribution in [0.2, 0.25) is 0 Å². The van der Waals surface area contributed by atoms with Crippen molar-refractivity contribution < 1.29 is 4.74 Å². The molecule has 0 aliphatic rings. The second-order valence-corrected chi connectivity index (χ2v) is 4.24. The third kappa shape index (κ3) is 3.57. The largest absolute Gasteiger partial charge is 0.495 e. The minimum absolute atomic E-state index is 0.571. The minimum atomic E-state index is 0.571. The van der Waals surface area contributed by atoms with Gasteiger partial charge in [-0.15, -0.1) is 0 Å². The van der Waals surface area contributed by atoms with Gasteiger partial charge in [-0.2, -0.15) is 5.26 Å². The molecular weight excluding hydrogens is 236 g/mol. The van der Waals surface area contributed by atoms with Gasteiger partial charge in [0.1, 0.15) is 11.8 Å². The maximum atomic E-state index is 9.03. The monoisotopic (exact) mass is 252 g/mol. The van der Waals surface area contributed by atoms with Crippen LogP contribution in [0.1, 0.15) is 16.7 Å². The summed E-state index contributed by atoms with van der Waals surface area (Å²) in [6, 6.07) is 18.0. The van der Waals surface area contributed by atoms with Gasteiger partial charge in [0, 0.05) is 13.1 Å². The first-order valence-electron chi connectivity index (χ1n) is 6.15. The first-order chi connectivity index (χ1) is 9.33. The van der Waals surface area contributed by atoms with Gasteiger partial charge in [0.25, 0.3) is 0 Å². The van der Waals surface area contributed by atoms with Gasteiger partial charge < -0.3 is 10.1 Å². The smallest absolute Gasteiger partial charge is 0.136 e. The number of benzene rings is 2. The zero-order valence-electron chi connectivity index (χ0n) is 10.9. The molecule has 96 valence electrons. The second kappa shape index (κ2) is 6.58. The zero-order chi connectivity index (χ0) is 13.5. The van der Waals surface area contributed by atoms with Gasteiger partial charge in [0.15, 0.2) is 0 Å². The number of methoxy groups -OCH3 is 1. The van der Waals surface area contributed by atoms with Crippen LogP contribution in [-0.2, 0) is 13.1 Å². The lowest BCUT2D eigenvalue weighted by Gasteiger charge is -2.07. The lowest BCUT2D eigenvalue weighted by molar-refractivity contribution is 0.413. The lowest BCUT2D eigenvalue weighted by atomic mass is 10.1. The molecular formula is C16H16N2O. The Morgan fingerprint density at radius 3 is 2.47 bits per heavy atom. The number of ether oxygens (including phenoxy) is 1. The van der Waals surface area contributed by atoms with E-state index in [1.54, 1.807) is 7.11 Å². The fourth-order valence-electron chi connectivity index (χ4n) is 1.90. The molecule has 0 saturated carbocycles. The molecule has 0 radical (unpaired) electrons. The molecule has 2 aromatic rings. The molecule has 0 unspecified atom stereocenters. The molecule has 2 aromatic carbocycles. The summed E-state index contributed by atoms with van der Waals surface area (Å²) in [7, 11) is 1.57. The molecule has 2 rings (SSSR count). The van der Waals surface area contributed by atoms with Gasteiger partial charge in [-0.25, -0.2) is 0 Å². The molecule has 0 saturated heterocycles. The number of rotatable bonds is 5. The van der Waals surface area contributed by atoms with Crippen molar-refractivity contribution in [1.29, 1.82) is 5.26 Å². The fourth-order valence-corrected chi connectivity index (χ4v) is 1.90. The van der Waals surface area contributed by atoms with E-state index < -0.39 is 0 Å². The summed E-state index contributed by atoms with van der Waals surface area (Å²) in [5.41, 5.74) is 2.89. The topological polar surface area (TPSA) is 45.0 Å². The first-order valence-corrected chi connectivity index (χ1v) is 6.15. The van der Waals surface area contributed by atoms with E-state index in [0.717, 1.165) is 18.7 Å². The highest BCUT2D eigenvalue weighted by atomic mass is 16.5.